The fourth-order valence-corrected chi connectivity index (χ4v) is 3.89. The average Bonchev–Trinajstić information content (AvgIpc) is 2.51. The van der Waals surface area contributed by atoms with Gasteiger partial charge in [0.1, 0.15) is 13.1 Å². The summed E-state index contributed by atoms with van der Waals surface area (Å²) < 4.78 is 14.0. The van der Waals surface area contributed by atoms with Crippen LogP contribution in [-0.2, 0) is 9.47 Å². The van der Waals surface area contributed by atoms with Gasteiger partial charge in [-0.1, -0.05) is 0 Å². The number of ether oxygens (including phenoxy) is 2. The highest BCUT2D eigenvalue weighted by Gasteiger charge is 2.25. The van der Waals surface area contributed by atoms with E-state index >= 15 is 0 Å². The Kier molecular flexibility index (Phi) is 7.61. The first-order valence-electron chi connectivity index (χ1n) is 9.45. The summed E-state index contributed by atoms with van der Waals surface area (Å²) in [5.41, 5.74) is 0. The molecule has 4 heteroatoms. The Morgan fingerprint density at radius 2 is 0.909 bits per heavy atom. The highest BCUT2D eigenvalue weighted by molar-refractivity contribution is 4.52. The Balaban J connectivity index is 1.42. The molecule has 0 atom stereocenters. The zero-order valence-electron chi connectivity index (χ0n) is 15.0. The third kappa shape index (κ3) is 6.53. The predicted octanol–water partition coefficient (Wildman–Crippen LogP) is 2.28. The molecule has 22 heavy (non-hydrogen) atoms. The fraction of sp³-hybridized carbons (Fsp3) is 1.00. The van der Waals surface area contributed by atoms with Gasteiger partial charge in [0.25, 0.3) is 0 Å². The topological polar surface area (TPSA) is 18.5 Å². The molecule has 2 fully saturated rings. The van der Waals surface area contributed by atoms with Gasteiger partial charge in [0.2, 0.25) is 0 Å². The number of likely N-dealkylation sites (N-methyl/N-ethyl adjacent to an activating group) is 2. The standard InChI is InChI=1S/C18H38N2O2/c1-19(9-5-3-6-10-19)13-15-21-17-18-22-16-14-20(2)11-7-4-8-12-20/h3-18H2,1-2H3/q+2. The Morgan fingerprint density at radius 3 is 1.27 bits per heavy atom. The van der Waals surface area contributed by atoms with E-state index in [1.165, 1.54) is 73.7 Å². The third-order valence-electron chi connectivity index (χ3n) is 5.71. The number of piperidine rings is 2. The highest BCUT2D eigenvalue weighted by atomic mass is 16.5. The number of hydrogen-bond donors (Lipinski definition) is 0. The van der Waals surface area contributed by atoms with Crippen LogP contribution in [0.15, 0.2) is 0 Å². The molecule has 0 saturated carbocycles. The van der Waals surface area contributed by atoms with Gasteiger partial charge < -0.3 is 18.4 Å². The molecule has 130 valence electrons. The highest BCUT2D eigenvalue weighted by Crippen LogP contribution is 2.16. The second-order valence-corrected chi connectivity index (χ2v) is 7.93. The summed E-state index contributed by atoms with van der Waals surface area (Å²) in [6.45, 7) is 10.9. The summed E-state index contributed by atoms with van der Waals surface area (Å²) in [4.78, 5) is 0. The van der Waals surface area contributed by atoms with Crippen LogP contribution < -0.4 is 0 Å². The minimum Gasteiger partial charge on any atom is -0.373 e. The van der Waals surface area contributed by atoms with E-state index < -0.39 is 0 Å². The van der Waals surface area contributed by atoms with Crippen molar-refractivity contribution in [1.82, 2.24) is 0 Å². The second kappa shape index (κ2) is 9.21. The molecule has 0 aromatic heterocycles. The third-order valence-corrected chi connectivity index (χ3v) is 5.71. The molecule has 2 saturated heterocycles. The van der Waals surface area contributed by atoms with Crippen LogP contribution in [-0.4, -0.2) is 88.8 Å². The molecule has 0 amide bonds. The van der Waals surface area contributed by atoms with Crippen molar-refractivity contribution in [1.29, 1.82) is 0 Å². The summed E-state index contributed by atoms with van der Waals surface area (Å²) in [6.07, 6.45) is 8.38. The molecule has 2 rings (SSSR count). The summed E-state index contributed by atoms with van der Waals surface area (Å²) in [5, 5.41) is 0. The summed E-state index contributed by atoms with van der Waals surface area (Å²) in [7, 11) is 4.75. The van der Waals surface area contributed by atoms with Crippen molar-refractivity contribution in [3.8, 4) is 0 Å². The van der Waals surface area contributed by atoms with Gasteiger partial charge in [-0.05, 0) is 38.5 Å². The van der Waals surface area contributed by atoms with Crippen LogP contribution in [0, 0.1) is 0 Å². The lowest BCUT2D eigenvalue weighted by Crippen LogP contribution is -2.50. The van der Waals surface area contributed by atoms with Crippen molar-refractivity contribution in [3.05, 3.63) is 0 Å². The molecule has 0 aliphatic carbocycles. The Morgan fingerprint density at radius 1 is 0.545 bits per heavy atom. The molecule has 2 aliphatic heterocycles. The van der Waals surface area contributed by atoms with Gasteiger partial charge in [-0.2, -0.15) is 0 Å². The van der Waals surface area contributed by atoms with Crippen LogP contribution in [0.2, 0.25) is 0 Å². The number of nitrogens with zero attached hydrogens (tertiary/aromatic N) is 2. The minimum atomic E-state index is 0.754. The van der Waals surface area contributed by atoms with Crippen LogP contribution in [0.25, 0.3) is 0 Å². The van der Waals surface area contributed by atoms with Crippen LogP contribution in [0.5, 0.6) is 0 Å². The Labute approximate surface area is 137 Å². The fourth-order valence-electron chi connectivity index (χ4n) is 3.89. The molecular formula is C18H38N2O2+2. The van der Waals surface area contributed by atoms with Gasteiger partial charge in [-0.3, -0.25) is 0 Å². The van der Waals surface area contributed by atoms with E-state index in [9.17, 15) is 0 Å². The zero-order valence-corrected chi connectivity index (χ0v) is 15.0. The number of hydrogen-bond acceptors (Lipinski definition) is 2. The Hall–Kier alpha value is -0.160. The van der Waals surface area contributed by atoms with Crippen LogP contribution in [0.3, 0.4) is 0 Å². The normalized spacial score (nSPS) is 24.3. The molecule has 2 aliphatic rings. The number of quaternary nitrogens is 2. The average molecular weight is 315 g/mol. The number of likely N-dealkylation sites (tertiary alicyclic amines) is 2. The minimum absolute atomic E-state index is 0.754. The van der Waals surface area contributed by atoms with Crippen molar-refractivity contribution >= 4 is 0 Å². The van der Waals surface area contributed by atoms with Crippen molar-refractivity contribution in [2.45, 2.75) is 38.5 Å². The predicted molar refractivity (Wildman–Crippen MR) is 90.9 cm³/mol. The SMILES string of the molecule is C[N+]1(CCOCCOCC[N+]2(C)CCCCC2)CCCCC1. The van der Waals surface area contributed by atoms with E-state index in [1.807, 2.05) is 0 Å². The summed E-state index contributed by atoms with van der Waals surface area (Å²) in [6, 6.07) is 0. The smallest absolute Gasteiger partial charge is 0.102 e. The lowest BCUT2D eigenvalue weighted by atomic mass is 10.1. The molecule has 0 aromatic rings. The van der Waals surface area contributed by atoms with Gasteiger partial charge in [0.05, 0.1) is 66.7 Å². The summed E-state index contributed by atoms with van der Waals surface area (Å²) in [5.74, 6) is 0. The zero-order chi connectivity index (χ0) is 15.7. The second-order valence-electron chi connectivity index (χ2n) is 7.93. The molecular weight excluding hydrogens is 276 g/mol. The van der Waals surface area contributed by atoms with E-state index in [-0.39, 0.29) is 0 Å². The maximum absolute atomic E-state index is 5.77. The maximum atomic E-state index is 5.77. The Bertz CT molecular complexity index is 267. The molecule has 0 radical (unpaired) electrons. The largest absolute Gasteiger partial charge is 0.373 e. The molecule has 2 heterocycles. The maximum Gasteiger partial charge on any atom is 0.102 e. The van der Waals surface area contributed by atoms with E-state index in [1.54, 1.807) is 0 Å². The van der Waals surface area contributed by atoms with Crippen LogP contribution >= 0.6 is 0 Å². The van der Waals surface area contributed by atoms with Gasteiger partial charge in [-0.25, -0.2) is 0 Å². The lowest BCUT2D eigenvalue weighted by Gasteiger charge is -2.37. The number of rotatable bonds is 9. The van der Waals surface area contributed by atoms with Crippen molar-refractivity contribution in [2.24, 2.45) is 0 Å². The molecule has 0 spiro atoms. The first kappa shape index (κ1) is 18.2. The first-order valence-corrected chi connectivity index (χ1v) is 9.45. The van der Waals surface area contributed by atoms with Crippen LogP contribution in [0.1, 0.15) is 38.5 Å². The van der Waals surface area contributed by atoms with E-state index in [2.05, 4.69) is 14.1 Å². The van der Waals surface area contributed by atoms with Gasteiger partial charge in [0.15, 0.2) is 0 Å². The summed E-state index contributed by atoms with van der Waals surface area (Å²) >= 11 is 0. The molecule has 0 aromatic carbocycles. The first-order chi connectivity index (χ1) is 10.6. The van der Waals surface area contributed by atoms with Gasteiger partial charge in [0, 0.05) is 0 Å². The quantitative estimate of drug-likeness (QED) is 0.480. The van der Waals surface area contributed by atoms with Crippen LogP contribution in [0.4, 0.5) is 0 Å². The van der Waals surface area contributed by atoms with Crippen molar-refractivity contribution in [3.63, 3.8) is 0 Å². The lowest BCUT2D eigenvalue weighted by molar-refractivity contribution is -0.914. The van der Waals surface area contributed by atoms with E-state index in [4.69, 9.17) is 9.47 Å². The van der Waals surface area contributed by atoms with Gasteiger partial charge in [-0.15, -0.1) is 0 Å². The van der Waals surface area contributed by atoms with Gasteiger partial charge >= 0.3 is 0 Å². The molecule has 0 N–H and O–H groups in total. The van der Waals surface area contributed by atoms with Crippen molar-refractivity contribution in [2.75, 3.05) is 79.8 Å². The van der Waals surface area contributed by atoms with E-state index in [0.717, 1.165) is 39.5 Å². The van der Waals surface area contributed by atoms with Crippen molar-refractivity contribution < 1.29 is 18.4 Å². The monoisotopic (exact) mass is 314 g/mol. The molecule has 0 unspecified atom stereocenters. The van der Waals surface area contributed by atoms with E-state index in [0.29, 0.717) is 0 Å². The molecule has 0 bridgehead atoms. The molecule has 4 nitrogen and oxygen atoms in total.